The Balaban J connectivity index is 1.28. The number of anilines is 1. The third-order valence-corrected chi connectivity index (χ3v) is 8.77. The van der Waals surface area contributed by atoms with E-state index in [1.807, 2.05) is 6.92 Å². The van der Waals surface area contributed by atoms with E-state index in [-0.39, 0.29) is 22.4 Å². The predicted molar refractivity (Wildman–Crippen MR) is 182 cm³/mol. The summed E-state index contributed by atoms with van der Waals surface area (Å²) in [7, 11) is 0. The third kappa shape index (κ3) is 12.0. The molecule has 0 bridgehead atoms. The fourth-order valence-corrected chi connectivity index (χ4v) is 5.83. The van der Waals surface area contributed by atoms with Crippen LogP contribution in [0.2, 0.25) is 0 Å². The number of ether oxygens (including phenoxy) is 3. The SMILES string of the molecule is CCc1ccc(C(=O)N[C@@H](CCOC(F)(F)F)COC(=O)c2ccc(OC(F)F)c(C#Cc3cncnc3)c2)cc1NC(=O)c1cnc(CC2CC2)s1. The quantitative estimate of drug-likeness (QED) is 0.0782. The summed E-state index contributed by atoms with van der Waals surface area (Å²) >= 11 is 1.30. The van der Waals surface area contributed by atoms with Crippen molar-refractivity contribution in [3.8, 4) is 17.6 Å². The third-order valence-electron chi connectivity index (χ3n) is 7.76. The van der Waals surface area contributed by atoms with Gasteiger partial charge in [-0.2, -0.15) is 8.78 Å². The van der Waals surface area contributed by atoms with Crippen molar-refractivity contribution in [3.05, 3.63) is 99.0 Å². The van der Waals surface area contributed by atoms with Crippen molar-refractivity contribution >= 4 is 34.8 Å². The van der Waals surface area contributed by atoms with Gasteiger partial charge in [-0.05, 0) is 67.5 Å². The molecule has 2 heterocycles. The van der Waals surface area contributed by atoms with Crippen molar-refractivity contribution in [2.24, 2.45) is 5.92 Å². The molecule has 0 saturated heterocycles. The van der Waals surface area contributed by atoms with Gasteiger partial charge >= 0.3 is 18.9 Å². The molecule has 1 aliphatic rings. The highest BCUT2D eigenvalue weighted by molar-refractivity contribution is 7.13. The Morgan fingerprint density at radius 3 is 2.45 bits per heavy atom. The van der Waals surface area contributed by atoms with Crippen LogP contribution in [0.5, 0.6) is 5.75 Å². The van der Waals surface area contributed by atoms with Crippen LogP contribution in [0.15, 0.2) is 61.3 Å². The monoisotopic (exact) mass is 757 g/mol. The molecule has 2 aromatic carbocycles. The van der Waals surface area contributed by atoms with Gasteiger partial charge in [0.2, 0.25) is 0 Å². The van der Waals surface area contributed by atoms with Crippen LogP contribution < -0.4 is 15.4 Å². The lowest BCUT2D eigenvalue weighted by Crippen LogP contribution is -2.40. The number of aryl methyl sites for hydroxylation is 1. The van der Waals surface area contributed by atoms with Gasteiger partial charge in [0, 0.05) is 30.1 Å². The van der Waals surface area contributed by atoms with Gasteiger partial charge in [0.25, 0.3) is 11.8 Å². The predicted octanol–water partition coefficient (Wildman–Crippen LogP) is 6.58. The minimum Gasteiger partial charge on any atom is -0.460 e. The number of aromatic nitrogens is 3. The number of carbonyl (C=O) groups excluding carboxylic acids is 3. The molecule has 11 nitrogen and oxygen atoms in total. The van der Waals surface area contributed by atoms with Crippen molar-refractivity contribution in [1.82, 2.24) is 20.3 Å². The molecule has 0 spiro atoms. The standard InChI is InChI=1S/C36H32F5N5O6S/c1-2-23-7-8-25(15-28(23)46-33(48)30-18-44-31(53-30)13-21-3-4-21)32(47)45-27(11-12-51-36(39,40)41)19-50-34(49)26-9-10-29(52-35(37)38)24(14-26)6-5-22-16-42-20-43-17-22/h7-10,14-18,20-21,27,35H,2-4,11-13,19H2,1H3,(H,45,47)(H,46,48)/t27-/m0/s1. The number of thiazole rings is 1. The van der Waals surface area contributed by atoms with Crippen molar-refractivity contribution < 1.29 is 50.5 Å². The lowest BCUT2D eigenvalue weighted by Gasteiger charge is -2.20. The number of esters is 1. The van der Waals surface area contributed by atoms with E-state index in [4.69, 9.17) is 4.74 Å². The molecular formula is C36H32F5N5O6S. The summed E-state index contributed by atoms with van der Waals surface area (Å²) in [6, 6.07) is 6.78. The molecule has 53 heavy (non-hydrogen) atoms. The molecule has 1 atom stereocenters. The number of alkyl halides is 5. The largest absolute Gasteiger partial charge is 0.522 e. The Labute approximate surface area is 304 Å². The molecular weight excluding hydrogens is 725 g/mol. The molecule has 1 saturated carbocycles. The second kappa shape index (κ2) is 17.8. The Hall–Kier alpha value is -5.47. The van der Waals surface area contributed by atoms with Crippen molar-refractivity contribution in [2.75, 3.05) is 18.5 Å². The fourth-order valence-electron chi connectivity index (χ4n) is 4.90. The summed E-state index contributed by atoms with van der Waals surface area (Å²) in [6.07, 6.45) is 3.80. The van der Waals surface area contributed by atoms with E-state index in [0.29, 0.717) is 28.5 Å². The molecule has 2 N–H and O–H groups in total. The number of amides is 2. The summed E-state index contributed by atoms with van der Waals surface area (Å²) in [5, 5.41) is 6.26. The van der Waals surface area contributed by atoms with Crippen LogP contribution in [0.4, 0.5) is 27.6 Å². The zero-order valence-corrected chi connectivity index (χ0v) is 28.9. The summed E-state index contributed by atoms with van der Waals surface area (Å²) in [6.45, 7) is -2.79. The molecule has 2 amide bonds. The maximum Gasteiger partial charge on any atom is 0.522 e. The molecule has 0 unspecified atom stereocenters. The van der Waals surface area contributed by atoms with E-state index in [9.17, 15) is 36.3 Å². The van der Waals surface area contributed by atoms with Crippen LogP contribution in [0.1, 0.15) is 78.3 Å². The van der Waals surface area contributed by atoms with Gasteiger partial charge in [0.15, 0.2) is 0 Å². The highest BCUT2D eigenvalue weighted by Gasteiger charge is 2.30. The van der Waals surface area contributed by atoms with Crippen LogP contribution in [-0.4, -0.2) is 65.0 Å². The number of halogens is 5. The average molecular weight is 758 g/mol. The molecule has 17 heteroatoms. The molecule has 2 aromatic heterocycles. The van der Waals surface area contributed by atoms with Crippen molar-refractivity contribution in [1.29, 1.82) is 0 Å². The van der Waals surface area contributed by atoms with Crippen molar-refractivity contribution in [3.63, 3.8) is 0 Å². The smallest absolute Gasteiger partial charge is 0.460 e. The fraction of sp³-hybridized carbons (Fsp3) is 0.333. The molecule has 1 aliphatic carbocycles. The van der Waals surface area contributed by atoms with E-state index in [1.54, 1.807) is 6.07 Å². The first kappa shape index (κ1) is 38.8. The number of rotatable bonds is 15. The first-order valence-corrected chi connectivity index (χ1v) is 17.1. The number of benzene rings is 2. The Kier molecular flexibility index (Phi) is 13.0. The molecule has 1 fully saturated rings. The number of hydrogen-bond acceptors (Lipinski definition) is 10. The van der Waals surface area contributed by atoms with E-state index >= 15 is 0 Å². The molecule has 0 radical (unpaired) electrons. The minimum atomic E-state index is -4.95. The van der Waals surface area contributed by atoms with E-state index in [2.05, 4.69) is 46.9 Å². The summed E-state index contributed by atoms with van der Waals surface area (Å²) in [4.78, 5) is 51.9. The van der Waals surface area contributed by atoms with Crippen LogP contribution in [0.3, 0.4) is 0 Å². The second-order valence-corrected chi connectivity index (χ2v) is 12.9. The zero-order chi connectivity index (χ0) is 38.0. The topological polar surface area (TPSA) is 142 Å². The van der Waals surface area contributed by atoms with Crippen LogP contribution in [-0.2, 0) is 22.3 Å². The lowest BCUT2D eigenvalue weighted by molar-refractivity contribution is -0.325. The van der Waals surface area contributed by atoms with E-state index in [0.717, 1.165) is 48.0 Å². The highest BCUT2D eigenvalue weighted by atomic mass is 32.1. The van der Waals surface area contributed by atoms with Crippen molar-refractivity contribution in [2.45, 2.75) is 58.0 Å². The first-order chi connectivity index (χ1) is 25.4. The molecule has 5 rings (SSSR count). The maximum atomic E-state index is 13.4. The average Bonchev–Trinajstić information content (AvgIpc) is 3.82. The van der Waals surface area contributed by atoms with Gasteiger partial charge < -0.3 is 20.1 Å². The molecule has 4 aromatic rings. The first-order valence-electron chi connectivity index (χ1n) is 16.3. The number of nitrogens with zero attached hydrogens (tertiary/aromatic N) is 3. The van der Waals surface area contributed by atoms with Gasteiger partial charge in [-0.3, -0.25) is 14.3 Å². The zero-order valence-electron chi connectivity index (χ0n) is 28.0. The summed E-state index contributed by atoms with van der Waals surface area (Å²) in [5.41, 5.74) is 1.27. The van der Waals surface area contributed by atoms with Crippen LogP contribution >= 0.6 is 11.3 Å². The van der Waals surface area contributed by atoms with Crippen LogP contribution in [0, 0.1) is 17.8 Å². The maximum absolute atomic E-state index is 13.4. The number of nitrogens with one attached hydrogen (secondary N) is 2. The minimum absolute atomic E-state index is 0.0749. The Morgan fingerprint density at radius 2 is 1.75 bits per heavy atom. The van der Waals surface area contributed by atoms with Gasteiger partial charge in [-0.15, -0.1) is 24.5 Å². The second-order valence-electron chi connectivity index (χ2n) is 11.8. The van der Waals surface area contributed by atoms with Gasteiger partial charge in [0.1, 0.15) is 23.6 Å². The molecule has 0 aliphatic heterocycles. The van der Waals surface area contributed by atoms with Gasteiger partial charge in [-0.1, -0.05) is 24.8 Å². The molecule has 278 valence electrons. The summed E-state index contributed by atoms with van der Waals surface area (Å²) in [5.74, 6) is 3.45. The normalized spacial score (nSPS) is 13.1. The number of hydrogen-bond donors (Lipinski definition) is 2. The Bertz CT molecular complexity index is 1980. The summed E-state index contributed by atoms with van der Waals surface area (Å²) < 4.78 is 78.2. The number of carbonyl (C=O) groups is 3. The highest BCUT2D eigenvalue weighted by Crippen LogP contribution is 2.34. The van der Waals surface area contributed by atoms with Gasteiger partial charge in [-0.25, -0.2) is 19.7 Å². The van der Waals surface area contributed by atoms with Gasteiger partial charge in [0.05, 0.1) is 40.5 Å². The lowest BCUT2D eigenvalue weighted by atomic mass is 10.1. The van der Waals surface area contributed by atoms with E-state index in [1.165, 1.54) is 48.4 Å². The van der Waals surface area contributed by atoms with Crippen LogP contribution in [0.25, 0.3) is 0 Å². The Morgan fingerprint density at radius 1 is 1.00 bits per heavy atom. The van der Waals surface area contributed by atoms with E-state index < -0.39 is 56.4 Å².